The third-order valence-corrected chi connectivity index (χ3v) is 2.49. The van der Waals surface area contributed by atoms with Gasteiger partial charge in [0.2, 0.25) is 0 Å². The maximum Gasteiger partial charge on any atom is 0.153 e. The van der Waals surface area contributed by atoms with Crippen LogP contribution < -0.4 is 5.73 Å². The van der Waals surface area contributed by atoms with Crippen LogP contribution in [0.3, 0.4) is 0 Å². The van der Waals surface area contributed by atoms with E-state index in [4.69, 9.17) is 10.5 Å². The molecule has 1 unspecified atom stereocenters. The van der Waals surface area contributed by atoms with Gasteiger partial charge in [0.1, 0.15) is 5.82 Å². The molecule has 14 heavy (non-hydrogen) atoms. The van der Waals surface area contributed by atoms with E-state index in [2.05, 4.69) is 10.1 Å². The summed E-state index contributed by atoms with van der Waals surface area (Å²) in [5.74, 6) is 1.78. The van der Waals surface area contributed by atoms with Crippen LogP contribution in [0.25, 0.3) is 0 Å². The molecule has 2 rings (SSSR count). The molecule has 78 valence electrons. The maximum absolute atomic E-state index is 5.93. The first kappa shape index (κ1) is 9.61. The molecule has 5 nitrogen and oxygen atoms in total. The van der Waals surface area contributed by atoms with E-state index in [0.29, 0.717) is 6.61 Å². The number of aromatic nitrogens is 3. The third kappa shape index (κ3) is 1.78. The molecule has 0 saturated heterocycles. The first-order chi connectivity index (χ1) is 6.81. The highest BCUT2D eigenvalue weighted by molar-refractivity contribution is 5.01. The van der Waals surface area contributed by atoms with Crippen molar-refractivity contribution >= 4 is 0 Å². The zero-order valence-corrected chi connectivity index (χ0v) is 8.44. The van der Waals surface area contributed by atoms with E-state index in [0.717, 1.165) is 37.5 Å². The molecule has 1 atom stereocenters. The number of nitrogens with zero attached hydrogens (tertiary/aromatic N) is 3. The summed E-state index contributed by atoms with van der Waals surface area (Å²) in [6.45, 7) is 1.61. The summed E-state index contributed by atoms with van der Waals surface area (Å²) in [7, 11) is 1.68. The molecule has 0 aliphatic carbocycles. The molecule has 0 bridgehead atoms. The Balaban J connectivity index is 2.13. The van der Waals surface area contributed by atoms with Crippen LogP contribution in [-0.2, 0) is 17.7 Å². The van der Waals surface area contributed by atoms with Crippen LogP contribution in [0.15, 0.2) is 0 Å². The van der Waals surface area contributed by atoms with Crippen LogP contribution in [-0.4, -0.2) is 28.5 Å². The van der Waals surface area contributed by atoms with Crippen LogP contribution in [0.1, 0.15) is 30.5 Å². The molecule has 1 aromatic heterocycles. The summed E-state index contributed by atoms with van der Waals surface area (Å²) in [6.07, 6.45) is 2.88. The second-order valence-electron chi connectivity index (χ2n) is 3.60. The number of methoxy groups -OCH3 is 1. The maximum atomic E-state index is 5.93. The van der Waals surface area contributed by atoms with Gasteiger partial charge in [0.25, 0.3) is 0 Å². The second kappa shape index (κ2) is 4.06. The predicted molar refractivity (Wildman–Crippen MR) is 51.8 cm³/mol. The molecule has 0 amide bonds. The third-order valence-electron chi connectivity index (χ3n) is 2.49. The zero-order chi connectivity index (χ0) is 9.97. The van der Waals surface area contributed by atoms with Gasteiger partial charge >= 0.3 is 0 Å². The predicted octanol–water partition coefficient (Wildman–Crippen LogP) is 0.261. The van der Waals surface area contributed by atoms with Gasteiger partial charge in [-0.15, -0.1) is 0 Å². The van der Waals surface area contributed by atoms with Crippen LogP contribution in [0, 0.1) is 0 Å². The largest absolute Gasteiger partial charge is 0.384 e. The standard InChI is InChI=1S/C9H16N4O/c1-14-6-4-8-11-9-7(10)3-2-5-13(9)12-8/h7H,2-6,10H2,1H3. The van der Waals surface area contributed by atoms with E-state index in [9.17, 15) is 0 Å². The van der Waals surface area contributed by atoms with E-state index in [1.807, 2.05) is 4.68 Å². The lowest BCUT2D eigenvalue weighted by Crippen LogP contribution is -2.22. The summed E-state index contributed by atoms with van der Waals surface area (Å²) >= 11 is 0. The summed E-state index contributed by atoms with van der Waals surface area (Å²) in [4.78, 5) is 4.42. The summed E-state index contributed by atoms with van der Waals surface area (Å²) in [5.41, 5.74) is 5.93. The van der Waals surface area contributed by atoms with Crippen molar-refractivity contribution in [3.63, 3.8) is 0 Å². The van der Waals surface area contributed by atoms with Crippen LogP contribution in [0.4, 0.5) is 0 Å². The van der Waals surface area contributed by atoms with E-state index < -0.39 is 0 Å². The van der Waals surface area contributed by atoms with Crippen molar-refractivity contribution in [2.75, 3.05) is 13.7 Å². The number of ether oxygens (including phenoxy) is 1. The van der Waals surface area contributed by atoms with Crippen molar-refractivity contribution in [1.29, 1.82) is 0 Å². The van der Waals surface area contributed by atoms with Crippen LogP contribution in [0.2, 0.25) is 0 Å². The molecule has 0 saturated carbocycles. The van der Waals surface area contributed by atoms with E-state index >= 15 is 0 Å². The highest BCUT2D eigenvalue weighted by Crippen LogP contribution is 2.20. The van der Waals surface area contributed by atoms with E-state index in [1.165, 1.54) is 0 Å². The van der Waals surface area contributed by atoms with Gasteiger partial charge in [-0.05, 0) is 12.8 Å². The van der Waals surface area contributed by atoms with Crippen molar-refractivity contribution < 1.29 is 4.74 Å². The molecule has 1 aliphatic heterocycles. The van der Waals surface area contributed by atoms with Gasteiger partial charge in [-0.3, -0.25) is 0 Å². The van der Waals surface area contributed by atoms with Crippen molar-refractivity contribution in [3.05, 3.63) is 11.6 Å². The van der Waals surface area contributed by atoms with Gasteiger partial charge in [-0.2, -0.15) is 5.10 Å². The van der Waals surface area contributed by atoms with Crippen molar-refractivity contribution in [1.82, 2.24) is 14.8 Å². The fourth-order valence-corrected chi connectivity index (χ4v) is 1.73. The molecule has 0 spiro atoms. The SMILES string of the molecule is COCCc1nc2n(n1)CCCC2N. The minimum atomic E-state index is 0.0625. The van der Waals surface area contributed by atoms with Crippen molar-refractivity contribution in [2.24, 2.45) is 5.73 Å². The first-order valence-corrected chi connectivity index (χ1v) is 4.99. The normalized spacial score (nSPS) is 20.9. The second-order valence-corrected chi connectivity index (χ2v) is 3.60. The Morgan fingerprint density at radius 3 is 3.21 bits per heavy atom. The molecule has 0 radical (unpaired) electrons. The lowest BCUT2D eigenvalue weighted by atomic mass is 10.1. The average Bonchev–Trinajstić information content (AvgIpc) is 2.59. The Kier molecular flexibility index (Phi) is 2.79. The molecular formula is C9H16N4O. The van der Waals surface area contributed by atoms with Gasteiger partial charge in [0.15, 0.2) is 5.82 Å². The minimum absolute atomic E-state index is 0.0625. The minimum Gasteiger partial charge on any atom is -0.384 e. The van der Waals surface area contributed by atoms with Gasteiger partial charge in [0.05, 0.1) is 12.6 Å². The highest BCUT2D eigenvalue weighted by atomic mass is 16.5. The fourth-order valence-electron chi connectivity index (χ4n) is 1.73. The summed E-state index contributed by atoms with van der Waals surface area (Å²) in [6, 6.07) is 0.0625. The van der Waals surface area contributed by atoms with Gasteiger partial charge in [-0.25, -0.2) is 9.67 Å². The Labute approximate surface area is 83.3 Å². The smallest absolute Gasteiger partial charge is 0.153 e. The number of aryl methyl sites for hydroxylation is 1. The Morgan fingerprint density at radius 1 is 1.64 bits per heavy atom. The number of hydrogen-bond acceptors (Lipinski definition) is 4. The molecule has 2 N–H and O–H groups in total. The Morgan fingerprint density at radius 2 is 2.50 bits per heavy atom. The first-order valence-electron chi connectivity index (χ1n) is 4.99. The Hall–Kier alpha value is -0.940. The van der Waals surface area contributed by atoms with Crippen LogP contribution in [0.5, 0.6) is 0 Å². The van der Waals surface area contributed by atoms with Gasteiger partial charge in [0, 0.05) is 20.1 Å². The van der Waals surface area contributed by atoms with Gasteiger partial charge < -0.3 is 10.5 Å². The topological polar surface area (TPSA) is 66.0 Å². The average molecular weight is 196 g/mol. The number of nitrogens with two attached hydrogens (primary N) is 1. The molecule has 2 heterocycles. The summed E-state index contributed by atoms with van der Waals surface area (Å²) < 4.78 is 6.91. The van der Waals surface area contributed by atoms with E-state index in [-0.39, 0.29) is 6.04 Å². The quantitative estimate of drug-likeness (QED) is 0.753. The molecule has 1 aromatic rings. The number of fused-ring (bicyclic) bond motifs is 1. The molecule has 0 fully saturated rings. The lowest BCUT2D eigenvalue weighted by molar-refractivity contribution is 0.200. The van der Waals surface area contributed by atoms with Crippen LogP contribution >= 0.6 is 0 Å². The molecule has 1 aliphatic rings. The number of hydrogen-bond donors (Lipinski definition) is 1. The monoisotopic (exact) mass is 196 g/mol. The van der Waals surface area contributed by atoms with Crippen molar-refractivity contribution in [2.45, 2.75) is 31.8 Å². The highest BCUT2D eigenvalue weighted by Gasteiger charge is 2.20. The van der Waals surface area contributed by atoms with E-state index in [1.54, 1.807) is 7.11 Å². The zero-order valence-electron chi connectivity index (χ0n) is 8.44. The Bertz CT molecular complexity index is 310. The molecular weight excluding hydrogens is 180 g/mol. The van der Waals surface area contributed by atoms with Crippen molar-refractivity contribution in [3.8, 4) is 0 Å². The molecule has 0 aromatic carbocycles. The molecule has 5 heteroatoms. The number of rotatable bonds is 3. The van der Waals surface area contributed by atoms with Gasteiger partial charge in [-0.1, -0.05) is 0 Å². The fraction of sp³-hybridized carbons (Fsp3) is 0.778. The summed E-state index contributed by atoms with van der Waals surface area (Å²) in [5, 5.41) is 4.38. The lowest BCUT2D eigenvalue weighted by Gasteiger charge is -2.17.